The molecule has 0 aromatic rings. The minimum absolute atomic E-state index is 0.190. The summed E-state index contributed by atoms with van der Waals surface area (Å²) in [5, 5.41) is 6.23. The van der Waals surface area contributed by atoms with E-state index >= 15 is 0 Å². The second kappa shape index (κ2) is 7.46. The molecule has 0 aromatic carbocycles. The molecule has 0 saturated carbocycles. The maximum atomic E-state index is 11.4. The van der Waals surface area contributed by atoms with Crippen molar-refractivity contribution < 1.29 is 4.79 Å². The predicted molar refractivity (Wildman–Crippen MR) is 62.7 cm³/mol. The highest BCUT2D eigenvalue weighted by molar-refractivity contribution is 5.75. The lowest BCUT2D eigenvalue weighted by Crippen LogP contribution is -2.29. The van der Waals surface area contributed by atoms with Gasteiger partial charge in [0.2, 0.25) is 5.91 Å². The number of carbonyl (C=O) groups excluding carboxylic acids is 1. The van der Waals surface area contributed by atoms with Crippen molar-refractivity contribution in [3.8, 4) is 0 Å². The van der Waals surface area contributed by atoms with Crippen LogP contribution in [0, 0.1) is 5.92 Å². The van der Waals surface area contributed by atoms with Crippen LogP contribution in [-0.2, 0) is 4.79 Å². The van der Waals surface area contributed by atoms with Gasteiger partial charge in [0.05, 0.1) is 0 Å². The van der Waals surface area contributed by atoms with Crippen LogP contribution in [0.5, 0.6) is 0 Å². The Hall–Kier alpha value is -0.830. The first-order chi connectivity index (χ1) is 7.33. The highest BCUT2D eigenvalue weighted by Gasteiger charge is 2.13. The van der Waals surface area contributed by atoms with Crippen molar-refractivity contribution in [2.75, 3.05) is 19.6 Å². The molecule has 0 unspecified atom stereocenters. The van der Waals surface area contributed by atoms with Gasteiger partial charge in [-0.15, -0.1) is 6.58 Å². The average molecular weight is 210 g/mol. The average Bonchev–Trinajstić information content (AvgIpc) is 2.28. The van der Waals surface area contributed by atoms with Gasteiger partial charge in [-0.1, -0.05) is 6.08 Å². The molecule has 15 heavy (non-hydrogen) atoms. The van der Waals surface area contributed by atoms with Crippen LogP contribution in [0.2, 0.25) is 0 Å². The molecule has 1 saturated heterocycles. The minimum Gasteiger partial charge on any atom is -0.356 e. The fraction of sp³-hybridized carbons (Fsp3) is 0.750. The standard InChI is InChI=1S/C12H22N2O/c1-2-3-8-14-12(15)5-4-11-6-9-13-10-7-11/h2,11,13H,1,3-10H2,(H,14,15). The molecule has 0 aliphatic carbocycles. The van der Waals surface area contributed by atoms with Gasteiger partial charge in [0, 0.05) is 13.0 Å². The lowest BCUT2D eigenvalue weighted by atomic mass is 9.93. The van der Waals surface area contributed by atoms with Crippen molar-refractivity contribution in [1.29, 1.82) is 0 Å². The van der Waals surface area contributed by atoms with Gasteiger partial charge >= 0.3 is 0 Å². The zero-order chi connectivity index (χ0) is 10.9. The molecule has 2 N–H and O–H groups in total. The Morgan fingerprint density at radius 1 is 1.47 bits per heavy atom. The molecule has 1 aliphatic rings. The van der Waals surface area contributed by atoms with Crippen molar-refractivity contribution in [3.63, 3.8) is 0 Å². The first kappa shape index (κ1) is 12.2. The second-order valence-electron chi connectivity index (χ2n) is 4.16. The largest absolute Gasteiger partial charge is 0.356 e. The van der Waals surface area contributed by atoms with Gasteiger partial charge in [-0.2, -0.15) is 0 Å². The molecular formula is C12H22N2O. The quantitative estimate of drug-likeness (QED) is 0.515. The first-order valence-electron chi connectivity index (χ1n) is 5.91. The van der Waals surface area contributed by atoms with E-state index in [1.165, 1.54) is 12.8 Å². The molecule has 0 atom stereocenters. The Balaban J connectivity index is 2.02. The van der Waals surface area contributed by atoms with Crippen LogP contribution in [-0.4, -0.2) is 25.5 Å². The highest BCUT2D eigenvalue weighted by atomic mass is 16.1. The van der Waals surface area contributed by atoms with E-state index in [-0.39, 0.29) is 5.91 Å². The van der Waals surface area contributed by atoms with Crippen LogP contribution in [0.1, 0.15) is 32.1 Å². The first-order valence-corrected chi connectivity index (χ1v) is 5.91. The van der Waals surface area contributed by atoms with E-state index in [1.54, 1.807) is 0 Å². The van der Waals surface area contributed by atoms with Gasteiger partial charge in [0.1, 0.15) is 0 Å². The van der Waals surface area contributed by atoms with E-state index < -0.39 is 0 Å². The number of hydrogen-bond acceptors (Lipinski definition) is 2. The van der Waals surface area contributed by atoms with E-state index in [0.717, 1.165) is 38.4 Å². The van der Waals surface area contributed by atoms with Crippen molar-refractivity contribution in [2.24, 2.45) is 5.92 Å². The van der Waals surface area contributed by atoms with Crippen molar-refractivity contribution in [2.45, 2.75) is 32.1 Å². The molecule has 1 heterocycles. The van der Waals surface area contributed by atoms with Crippen LogP contribution in [0.15, 0.2) is 12.7 Å². The molecule has 0 radical (unpaired) electrons. The molecule has 0 bridgehead atoms. The maximum Gasteiger partial charge on any atom is 0.220 e. The van der Waals surface area contributed by atoms with Gasteiger partial charge in [-0.3, -0.25) is 4.79 Å². The van der Waals surface area contributed by atoms with Crippen molar-refractivity contribution in [3.05, 3.63) is 12.7 Å². The van der Waals surface area contributed by atoms with Gasteiger partial charge < -0.3 is 10.6 Å². The van der Waals surface area contributed by atoms with Crippen molar-refractivity contribution in [1.82, 2.24) is 10.6 Å². The fourth-order valence-electron chi connectivity index (χ4n) is 1.91. The monoisotopic (exact) mass is 210 g/mol. The summed E-state index contributed by atoms with van der Waals surface area (Å²) < 4.78 is 0. The van der Waals surface area contributed by atoms with Gasteiger partial charge in [0.15, 0.2) is 0 Å². The van der Waals surface area contributed by atoms with Gasteiger partial charge in [-0.05, 0) is 44.7 Å². The van der Waals surface area contributed by atoms with Crippen LogP contribution in [0.3, 0.4) is 0 Å². The molecule has 0 spiro atoms. The Labute approximate surface area is 92.3 Å². The highest BCUT2D eigenvalue weighted by Crippen LogP contribution is 2.17. The van der Waals surface area contributed by atoms with Gasteiger partial charge in [-0.25, -0.2) is 0 Å². The number of amides is 1. The second-order valence-corrected chi connectivity index (χ2v) is 4.16. The fourth-order valence-corrected chi connectivity index (χ4v) is 1.91. The number of piperidine rings is 1. The lowest BCUT2D eigenvalue weighted by molar-refractivity contribution is -0.121. The number of hydrogen-bond donors (Lipinski definition) is 2. The van der Waals surface area contributed by atoms with E-state index in [4.69, 9.17) is 0 Å². The molecule has 1 rings (SSSR count). The third-order valence-corrected chi connectivity index (χ3v) is 2.91. The third-order valence-electron chi connectivity index (χ3n) is 2.91. The Bertz CT molecular complexity index is 198. The molecule has 1 amide bonds. The summed E-state index contributed by atoms with van der Waals surface area (Å²) in [7, 11) is 0. The zero-order valence-electron chi connectivity index (χ0n) is 9.43. The summed E-state index contributed by atoms with van der Waals surface area (Å²) in [6, 6.07) is 0. The molecule has 1 fully saturated rings. The number of rotatable bonds is 6. The summed E-state index contributed by atoms with van der Waals surface area (Å²) in [5.74, 6) is 0.937. The summed E-state index contributed by atoms with van der Waals surface area (Å²) in [5.41, 5.74) is 0. The summed E-state index contributed by atoms with van der Waals surface area (Å²) >= 11 is 0. The number of carbonyl (C=O) groups is 1. The molecule has 86 valence electrons. The minimum atomic E-state index is 0.190. The normalized spacial score (nSPS) is 17.3. The van der Waals surface area contributed by atoms with Crippen LogP contribution in [0.25, 0.3) is 0 Å². The smallest absolute Gasteiger partial charge is 0.220 e. The number of nitrogens with one attached hydrogen (secondary N) is 2. The Morgan fingerprint density at radius 3 is 2.87 bits per heavy atom. The Kier molecular flexibility index (Phi) is 6.09. The van der Waals surface area contributed by atoms with Crippen LogP contribution >= 0.6 is 0 Å². The van der Waals surface area contributed by atoms with E-state index in [0.29, 0.717) is 6.42 Å². The SMILES string of the molecule is C=CCCNC(=O)CCC1CCNCC1. The molecule has 1 aliphatic heterocycles. The maximum absolute atomic E-state index is 11.4. The van der Waals surface area contributed by atoms with Gasteiger partial charge in [0.25, 0.3) is 0 Å². The summed E-state index contributed by atoms with van der Waals surface area (Å²) in [6.45, 7) is 6.58. The predicted octanol–water partition coefficient (Wildman–Crippen LogP) is 1.46. The van der Waals surface area contributed by atoms with Crippen LogP contribution < -0.4 is 10.6 Å². The van der Waals surface area contributed by atoms with E-state index in [1.807, 2.05) is 6.08 Å². The lowest BCUT2D eigenvalue weighted by Gasteiger charge is -2.22. The molecule has 0 aromatic heterocycles. The van der Waals surface area contributed by atoms with E-state index in [9.17, 15) is 4.79 Å². The topological polar surface area (TPSA) is 41.1 Å². The molecule has 3 heteroatoms. The zero-order valence-corrected chi connectivity index (χ0v) is 9.43. The summed E-state index contributed by atoms with van der Waals surface area (Å²) in [6.07, 6.45) is 6.86. The van der Waals surface area contributed by atoms with Crippen molar-refractivity contribution >= 4 is 5.91 Å². The summed E-state index contributed by atoms with van der Waals surface area (Å²) in [4.78, 5) is 11.4. The third kappa shape index (κ3) is 5.57. The molecule has 3 nitrogen and oxygen atoms in total. The van der Waals surface area contributed by atoms with E-state index in [2.05, 4.69) is 17.2 Å². The van der Waals surface area contributed by atoms with Crippen LogP contribution in [0.4, 0.5) is 0 Å². The Morgan fingerprint density at radius 2 is 2.20 bits per heavy atom. The molecular weight excluding hydrogens is 188 g/mol.